The molecule has 4 N–H and O–H groups in total. The molecule has 0 fully saturated rings. The molecule has 7 nitrogen and oxygen atoms in total. The molecule has 0 aliphatic carbocycles. The van der Waals surface area contributed by atoms with Crippen LogP contribution in [0.2, 0.25) is 0 Å². The van der Waals surface area contributed by atoms with Gasteiger partial charge in [0, 0.05) is 18.0 Å². The second-order valence-corrected chi connectivity index (χ2v) is 5.04. The van der Waals surface area contributed by atoms with Gasteiger partial charge in [0.2, 0.25) is 0 Å². The van der Waals surface area contributed by atoms with Crippen LogP contribution in [0.5, 0.6) is 0 Å². The summed E-state index contributed by atoms with van der Waals surface area (Å²) in [6.07, 6.45) is 6.90. The third-order valence-corrected chi connectivity index (χ3v) is 3.43. The van der Waals surface area contributed by atoms with Crippen molar-refractivity contribution in [1.82, 2.24) is 9.97 Å². The fourth-order valence-electron chi connectivity index (χ4n) is 1.47. The third-order valence-electron chi connectivity index (χ3n) is 2.49. The highest BCUT2D eigenvalue weighted by atomic mass is 32.1. The smallest absolute Gasteiger partial charge is 0.270 e. The molecule has 0 aliphatic heterocycles. The summed E-state index contributed by atoms with van der Waals surface area (Å²) in [5, 5.41) is 1.01. The summed E-state index contributed by atoms with van der Waals surface area (Å²) in [6.45, 7) is 0. The lowest BCUT2D eigenvalue weighted by Crippen LogP contribution is -2.13. The molecule has 0 bridgehead atoms. The molecule has 0 saturated carbocycles. The van der Waals surface area contributed by atoms with Gasteiger partial charge in [0.25, 0.3) is 5.91 Å². The van der Waals surface area contributed by atoms with Gasteiger partial charge in [0.1, 0.15) is 16.3 Å². The summed E-state index contributed by atoms with van der Waals surface area (Å²) in [4.78, 5) is 28.7. The van der Waals surface area contributed by atoms with Crippen LogP contribution in [-0.2, 0) is 0 Å². The Morgan fingerprint density at radius 2 is 2.00 bits per heavy atom. The van der Waals surface area contributed by atoms with Gasteiger partial charge in [-0.25, -0.2) is 4.98 Å². The number of nitrogens with two attached hydrogens (primary N) is 2. The van der Waals surface area contributed by atoms with Crippen LogP contribution in [0.4, 0.5) is 5.00 Å². The highest BCUT2D eigenvalue weighted by molar-refractivity contribution is 7.19. The predicted molar refractivity (Wildman–Crippen MR) is 82.4 cm³/mol. The van der Waals surface area contributed by atoms with Crippen LogP contribution in [0, 0.1) is 0 Å². The van der Waals surface area contributed by atoms with Gasteiger partial charge in [0.05, 0.1) is 11.8 Å². The van der Waals surface area contributed by atoms with Gasteiger partial charge in [-0.3, -0.25) is 14.6 Å². The lowest BCUT2D eigenvalue weighted by atomic mass is 10.3. The van der Waals surface area contributed by atoms with E-state index in [1.54, 1.807) is 30.6 Å². The van der Waals surface area contributed by atoms with Crippen LogP contribution in [0.25, 0.3) is 10.6 Å². The predicted octanol–water partition coefficient (Wildman–Crippen LogP) is 1.98. The fourth-order valence-corrected chi connectivity index (χ4v) is 2.31. The summed E-state index contributed by atoms with van der Waals surface area (Å²) in [6, 6.07) is 5.19. The van der Waals surface area contributed by atoms with Gasteiger partial charge in [-0.2, -0.15) is 0 Å². The minimum Gasteiger partial charge on any atom is -0.472 e. The number of hydrogen-bond donors (Lipinski definition) is 2. The first-order valence-corrected chi connectivity index (χ1v) is 6.87. The average Bonchev–Trinajstić information content (AvgIpc) is 3.18. The molecule has 3 rings (SSSR count). The highest BCUT2D eigenvalue weighted by Crippen LogP contribution is 2.29. The molecule has 3 aromatic heterocycles. The van der Waals surface area contributed by atoms with Crippen LogP contribution >= 0.6 is 11.3 Å². The van der Waals surface area contributed by atoms with Gasteiger partial charge in [-0.05, 0) is 18.2 Å². The fraction of sp³-hybridized carbons (Fsp3) is 0. The van der Waals surface area contributed by atoms with Crippen molar-refractivity contribution in [3.05, 3.63) is 54.4 Å². The van der Waals surface area contributed by atoms with E-state index in [-0.39, 0.29) is 5.69 Å². The lowest BCUT2D eigenvalue weighted by Gasteiger charge is -1.92. The first kappa shape index (κ1) is 15.4. The van der Waals surface area contributed by atoms with E-state index >= 15 is 0 Å². The number of anilines is 1. The van der Waals surface area contributed by atoms with Crippen molar-refractivity contribution in [2.45, 2.75) is 0 Å². The zero-order valence-electron chi connectivity index (χ0n) is 11.3. The van der Waals surface area contributed by atoms with Crippen molar-refractivity contribution < 1.29 is 14.0 Å². The first-order valence-electron chi connectivity index (χ1n) is 6.05. The zero-order chi connectivity index (χ0) is 15.9. The number of aldehydes is 1. The van der Waals surface area contributed by atoms with E-state index < -0.39 is 5.91 Å². The molecule has 0 radical (unpaired) electrons. The maximum absolute atomic E-state index is 10.9. The zero-order valence-corrected chi connectivity index (χ0v) is 12.1. The summed E-state index contributed by atoms with van der Waals surface area (Å²) in [5.41, 5.74) is 12.3. The van der Waals surface area contributed by atoms with E-state index in [0.717, 1.165) is 11.8 Å². The molecule has 3 heterocycles. The Labute approximate surface area is 129 Å². The molecular weight excluding hydrogens is 304 g/mol. The normalized spacial score (nSPS) is 9.64. The number of aromatic nitrogens is 2. The van der Waals surface area contributed by atoms with Crippen LogP contribution in [-0.4, -0.2) is 22.2 Å². The number of furan rings is 1. The molecule has 112 valence electrons. The number of thiazole rings is 1. The van der Waals surface area contributed by atoms with E-state index in [1.165, 1.54) is 23.9 Å². The second-order valence-electron chi connectivity index (χ2n) is 4.01. The Bertz CT molecular complexity index is 754. The number of carbonyl (C=O) groups excluding carboxylic acids is 2. The number of amides is 1. The molecule has 0 saturated heterocycles. The van der Waals surface area contributed by atoms with Crippen LogP contribution in [0.3, 0.4) is 0 Å². The monoisotopic (exact) mass is 316 g/mol. The van der Waals surface area contributed by atoms with Crippen molar-refractivity contribution in [1.29, 1.82) is 0 Å². The van der Waals surface area contributed by atoms with Gasteiger partial charge in [-0.1, -0.05) is 11.3 Å². The van der Waals surface area contributed by atoms with E-state index in [2.05, 4.69) is 14.4 Å². The molecule has 8 heteroatoms. The number of carbonyl (C=O) groups is 2. The van der Waals surface area contributed by atoms with Gasteiger partial charge in [-0.15, -0.1) is 0 Å². The van der Waals surface area contributed by atoms with Crippen LogP contribution in [0.1, 0.15) is 20.8 Å². The Hall–Kier alpha value is -3.00. The highest BCUT2D eigenvalue weighted by Gasteiger charge is 2.13. The number of nitrogen functional groups attached to an aromatic ring is 1. The Morgan fingerprint density at radius 3 is 2.45 bits per heavy atom. The van der Waals surface area contributed by atoms with E-state index in [9.17, 15) is 9.59 Å². The van der Waals surface area contributed by atoms with Crippen molar-refractivity contribution >= 4 is 28.5 Å². The number of primary amides is 1. The molecule has 22 heavy (non-hydrogen) atoms. The SMILES string of the molecule is NC(=O)c1nc(-c2ccncc2)sc1N.O=Cc1ccoc1. The van der Waals surface area contributed by atoms with E-state index in [4.69, 9.17) is 11.5 Å². The quantitative estimate of drug-likeness (QED) is 0.712. The maximum atomic E-state index is 10.9. The Balaban J connectivity index is 0.000000211. The van der Waals surface area contributed by atoms with Crippen molar-refractivity contribution in [2.75, 3.05) is 5.73 Å². The summed E-state index contributed by atoms with van der Waals surface area (Å²) < 4.78 is 4.57. The molecule has 0 aromatic carbocycles. The number of nitrogens with zero attached hydrogens (tertiary/aromatic N) is 2. The van der Waals surface area contributed by atoms with Gasteiger partial charge >= 0.3 is 0 Å². The topological polar surface area (TPSA) is 125 Å². The summed E-state index contributed by atoms with van der Waals surface area (Å²) in [7, 11) is 0. The average molecular weight is 316 g/mol. The molecule has 1 amide bonds. The number of rotatable bonds is 3. The minimum atomic E-state index is -0.607. The standard InChI is InChI=1S/C9H8N4OS.C5H4O2/c10-7(14)6-8(11)15-9(13-6)5-1-3-12-4-2-5;6-3-5-1-2-7-4-5/h1-4H,11H2,(H2,10,14);1-4H. The van der Waals surface area contributed by atoms with Gasteiger partial charge < -0.3 is 15.9 Å². The first-order chi connectivity index (χ1) is 10.6. The molecule has 0 spiro atoms. The van der Waals surface area contributed by atoms with Crippen LogP contribution < -0.4 is 11.5 Å². The molecule has 0 unspecified atom stereocenters. The van der Waals surface area contributed by atoms with E-state index in [1.807, 2.05) is 0 Å². The van der Waals surface area contributed by atoms with Gasteiger partial charge in [0.15, 0.2) is 12.0 Å². The molecule has 3 aromatic rings. The summed E-state index contributed by atoms with van der Waals surface area (Å²) >= 11 is 1.23. The number of hydrogen-bond acceptors (Lipinski definition) is 7. The Morgan fingerprint density at radius 1 is 1.27 bits per heavy atom. The number of pyridine rings is 1. The largest absolute Gasteiger partial charge is 0.472 e. The second kappa shape index (κ2) is 7.14. The van der Waals surface area contributed by atoms with Crippen LogP contribution in [0.15, 0.2) is 47.5 Å². The molecular formula is C14H12N4O3S. The molecule has 0 aliphatic rings. The van der Waals surface area contributed by atoms with E-state index in [0.29, 0.717) is 15.6 Å². The molecule has 0 atom stereocenters. The third kappa shape index (κ3) is 3.76. The lowest BCUT2D eigenvalue weighted by molar-refractivity contribution is 0.0996. The van der Waals surface area contributed by atoms with Crippen molar-refractivity contribution in [2.24, 2.45) is 5.73 Å². The maximum Gasteiger partial charge on any atom is 0.270 e. The Kier molecular flexibility index (Phi) is 4.99. The summed E-state index contributed by atoms with van der Waals surface area (Å²) in [5.74, 6) is -0.607. The van der Waals surface area contributed by atoms with Crippen molar-refractivity contribution in [3.63, 3.8) is 0 Å². The minimum absolute atomic E-state index is 0.131. The van der Waals surface area contributed by atoms with Crippen molar-refractivity contribution in [3.8, 4) is 10.6 Å².